The molecule has 1 N–H and O–H groups in total. The zero-order chi connectivity index (χ0) is 8.97. The van der Waals surface area contributed by atoms with Crippen molar-refractivity contribution in [3.63, 3.8) is 0 Å². The first-order chi connectivity index (χ1) is 5.81. The van der Waals surface area contributed by atoms with Crippen molar-refractivity contribution in [1.82, 2.24) is 15.1 Å². The average molecular weight is 164 g/mol. The van der Waals surface area contributed by atoms with E-state index >= 15 is 0 Å². The van der Waals surface area contributed by atoms with Gasteiger partial charge in [0.05, 0.1) is 12.3 Å². The molecule has 0 radical (unpaired) electrons. The van der Waals surface area contributed by atoms with Gasteiger partial charge >= 0.3 is 0 Å². The maximum Gasteiger partial charge on any atom is 0.124 e. The van der Waals surface area contributed by atoms with Gasteiger partial charge in [0.15, 0.2) is 0 Å². The van der Waals surface area contributed by atoms with Gasteiger partial charge in [-0.25, -0.2) is 0 Å². The highest BCUT2D eigenvalue weighted by atomic mass is 15.3. The highest BCUT2D eigenvalue weighted by Crippen LogP contribution is 2.09. The quantitative estimate of drug-likeness (QED) is 0.715. The van der Waals surface area contributed by atoms with Crippen LogP contribution >= 0.6 is 0 Å². The summed E-state index contributed by atoms with van der Waals surface area (Å²) in [7, 11) is 1.76. The Balaban J connectivity index is 2.81. The van der Waals surface area contributed by atoms with Crippen molar-refractivity contribution in [2.45, 2.75) is 19.5 Å². The molecule has 0 aliphatic heterocycles. The van der Waals surface area contributed by atoms with Crippen LogP contribution in [-0.2, 0) is 6.54 Å². The van der Waals surface area contributed by atoms with E-state index in [2.05, 4.69) is 16.5 Å². The molecule has 12 heavy (non-hydrogen) atoms. The molecule has 0 aliphatic rings. The van der Waals surface area contributed by atoms with Crippen LogP contribution in [0.2, 0.25) is 0 Å². The van der Waals surface area contributed by atoms with E-state index in [1.165, 1.54) is 0 Å². The van der Waals surface area contributed by atoms with Crippen molar-refractivity contribution in [2.24, 2.45) is 0 Å². The number of aromatic nitrogens is 2. The molecular weight excluding hydrogens is 152 g/mol. The topological polar surface area (TPSA) is 53.6 Å². The van der Waals surface area contributed by atoms with Gasteiger partial charge in [0, 0.05) is 18.3 Å². The van der Waals surface area contributed by atoms with Gasteiger partial charge < -0.3 is 5.32 Å². The molecule has 0 aliphatic carbocycles. The molecule has 0 bridgehead atoms. The van der Waals surface area contributed by atoms with Crippen LogP contribution in [0.5, 0.6) is 0 Å². The lowest BCUT2D eigenvalue weighted by atomic mass is 10.2. The van der Waals surface area contributed by atoms with E-state index in [4.69, 9.17) is 5.26 Å². The Hall–Kier alpha value is -1.34. The van der Waals surface area contributed by atoms with Gasteiger partial charge in [-0.15, -0.1) is 0 Å². The highest BCUT2D eigenvalue weighted by molar-refractivity contribution is 5.17. The van der Waals surface area contributed by atoms with Crippen molar-refractivity contribution < 1.29 is 0 Å². The van der Waals surface area contributed by atoms with Crippen LogP contribution in [0.25, 0.3) is 0 Å². The SMILES string of the molecule is CCn1cc(C(C#N)NC)cn1. The van der Waals surface area contributed by atoms with Gasteiger partial charge in [-0.3, -0.25) is 4.68 Å². The molecule has 64 valence electrons. The lowest BCUT2D eigenvalue weighted by Gasteiger charge is -2.02. The van der Waals surface area contributed by atoms with Crippen LogP contribution in [-0.4, -0.2) is 16.8 Å². The number of rotatable bonds is 3. The molecule has 1 rings (SSSR count). The molecule has 4 nitrogen and oxygen atoms in total. The van der Waals surface area contributed by atoms with Crippen LogP contribution in [0, 0.1) is 11.3 Å². The second-order valence-electron chi connectivity index (χ2n) is 2.48. The predicted molar refractivity (Wildman–Crippen MR) is 45.3 cm³/mol. The van der Waals surface area contributed by atoms with Crippen LogP contribution in [0.3, 0.4) is 0 Å². The zero-order valence-corrected chi connectivity index (χ0v) is 7.28. The number of hydrogen-bond acceptors (Lipinski definition) is 3. The molecule has 4 heteroatoms. The Morgan fingerprint density at radius 3 is 3.00 bits per heavy atom. The minimum Gasteiger partial charge on any atom is -0.301 e. The monoisotopic (exact) mass is 164 g/mol. The smallest absolute Gasteiger partial charge is 0.124 e. The second-order valence-corrected chi connectivity index (χ2v) is 2.48. The summed E-state index contributed by atoms with van der Waals surface area (Å²) in [4.78, 5) is 0. The Morgan fingerprint density at radius 1 is 1.83 bits per heavy atom. The summed E-state index contributed by atoms with van der Waals surface area (Å²) in [6, 6.07) is 1.90. The second kappa shape index (κ2) is 3.88. The summed E-state index contributed by atoms with van der Waals surface area (Å²) in [5, 5.41) is 15.7. The third-order valence-corrected chi connectivity index (χ3v) is 1.73. The molecule has 1 atom stereocenters. The molecule has 0 spiro atoms. The molecular formula is C8H12N4. The van der Waals surface area contributed by atoms with Crippen LogP contribution in [0.1, 0.15) is 18.5 Å². The summed E-state index contributed by atoms with van der Waals surface area (Å²) in [6.07, 6.45) is 3.60. The van der Waals surface area contributed by atoms with Crippen LogP contribution in [0.15, 0.2) is 12.4 Å². The number of nitrogens with one attached hydrogen (secondary N) is 1. The largest absolute Gasteiger partial charge is 0.301 e. The summed E-state index contributed by atoms with van der Waals surface area (Å²) < 4.78 is 1.80. The molecule has 0 fully saturated rings. The fraction of sp³-hybridized carbons (Fsp3) is 0.500. The third kappa shape index (κ3) is 1.63. The summed E-state index contributed by atoms with van der Waals surface area (Å²) in [5.41, 5.74) is 0.918. The normalized spacial score (nSPS) is 12.4. The van der Waals surface area contributed by atoms with E-state index in [1.54, 1.807) is 17.9 Å². The first-order valence-electron chi connectivity index (χ1n) is 3.91. The van der Waals surface area contributed by atoms with E-state index in [9.17, 15) is 0 Å². The number of aryl methyl sites for hydroxylation is 1. The standard InChI is InChI=1S/C8H12N4/c1-3-12-6-7(5-11-12)8(4-9)10-2/h5-6,8,10H,3H2,1-2H3. The van der Waals surface area contributed by atoms with Gasteiger partial charge in [-0.2, -0.15) is 10.4 Å². The van der Waals surface area contributed by atoms with Crippen molar-refractivity contribution >= 4 is 0 Å². The summed E-state index contributed by atoms with van der Waals surface area (Å²) in [6.45, 7) is 2.85. The van der Waals surface area contributed by atoms with E-state index in [0.717, 1.165) is 12.1 Å². The summed E-state index contributed by atoms with van der Waals surface area (Å²) in [5.74, 6) is 0. The molecule has 0 aromatic carbocycles. The van der Waals surface area contributed by atoms with Crippen molar-refractivity contribution in [3.8, 4) is 6.07 Å². The molecule has 1 unspecified atom stereocenters. The Labute approximate surface area is 71.8 Å². The number of hydrogen-bond donors (Lipinski definition) is 1. The minimum absolute atomic E-state index is 0.245. The van der Waals surface area contributed by atoms with E-state index in [-0.39, 0.29) is 6.04 Å². The zero-order valence-electron chi connectivity index (χ0n) is 7.28. The van der Waals surface area contributed by atoms with Gasteiger partial charge in [-0.1, -0.05) is 0 Å². The van der Waals surface area contributed by atoms with E-state index in [1.807, 2.05) is 13.1 Å². The van der Waals surface area contributed by atoms with Crippen LogP contribution < -0.4 is 5.32 Å². The van der Waals surface area contributed by atoms with Gasteiger partial charge in [0.1, 0.15) is 6.04 Å². The third-order valence-electron chi connectivity index (χ3n) is 1.73. The molecule has 0 amide bonds. The Morgan fingerprint density at radius 2 is 2.58 bits per heavy atom. The maximum absolute atomic E-state index is 8.71. The lowest BCUT2D eigenvalue weighted by Crippen LogP contribution is -2.13. The first-order valence-corrected chi connectivity index (χ1v) is 3.91. The molecule has 1 heterocycles. The number of nitriles is 1. The first kappa shape index (κ1) is 8.75. The fourth-order valence-electron chi connectivity index (χ4n) is 1.01. The van der Waals surface area contributed by atoms with E-state index in [0.29, 0.717) is 0 Å². The lowest BCUT2D eigenvalue weighted by molar-refractivity contribution is 0.656. The summed E-state index contributed by atoms with van der Waals surface area (Å²) >= 11 is 0. The van der Waals surface area contributed by atoms with Gasteiger partial charge in [-0.05, 0) is 14.0 Å². The Kier molecular flexibility index (Phi) is 2.83. The molecule has 1 aromatic rings. The molecule has 0 saturated carbocycles. The van der Waals surface area contributed by atoms with E-state index < -0.39 is 0 Å². The number of nitrogens with zero attached hydrogens (tertiary/aromatic N) is 3. The fourth-order valence-corrected chi connectivity index (χ4v) is 1.01. The minimum atomic E-state index is -0.245. The van der Waals surface area contributed by atoms with Crippen molar-refractivity contribution in [3.05, 3.63) is 18.0 Å². The molecule has 1 aromatic heterocycles. The maximum atomic E-state index is 8.71. The Bertz CT molecular complexity index is 283. The van der Waals surface area contributed by atoms with Crippen molar-refractivity contribution in [2.75, 3.05) is 7.05 Å². The molecule has 0 saturated heterocycles. The van der Waals surface area contributed by atoms with Gasteiger partial charge in [0.25, 0.3) is 0 Å². The highest BCUT2D eigenvalue weighted by Gasteiger charge is 2.08. The van der Waals surface area contributed by atoms with Crippen molar-refractivity contribution in [1.29, 1.82) is 5.26 Å². The average Bonchev–Trinajstić information content (AvgIpc) is 2.55. The van der Waals surface area contributed by atoms with Crippen LogP contribution in [0.4, 0.5) is 0 Å². The predicted octanol–water partition coefficient (Wildman–Crippen LogP) is 0.687. The van der Waals surface area contributed by atoms with Gasteiger partial charge in [0.2, 0.25) is 0 Å².